The molecule has 139 heavy (non-hydrogen) atoms. The first-order valence-electron chi connectivity index (χ1n) is 46.1. The van der Waals surface area contributed by atoms with Gasteiger partial charge in [0.25, 0.3) is 0 Å². The molecule has 0 saturated heterocycles. The zero-order valence-corrected chi connectivity index (χ0v) is 79.6. The smallest absolute Gasteiger partial charge is 0.234 e. The summed E-state index contributed by atoms with van der Waals surface area (Å²) in [6.07, 6.45) is 0. The van der Waals surface area contributed by atoms with Crippen LogP contribution in [0.5, 0.6) is 0 Å². The second kappa shape index (κ2) is 38.9. The van der Waals surface area contributed by atoms with Crippen LogP contribution in [-0.4, -0.2) is 19.9 Å². The van der Waals surface area contributed by atoms with Gasteiger partial charge in [0.1, 0.15) is 120 Å². The SMILES string of the molecule is Cc1cc(F)ccc1-c1c(-c2ccc(F)cc2)nc(-c2ccc3c(c2)C(C)(C)c2ccccc2-3)c(C)[n+]1C.Cc1cc(F)ccc1-c1c(-c2ccc(F)cc2)nc(-c2ccc3ccccc3c2)c(C)[n+]1C.Cc1cc(F)ccc1-c1c(-c2ccc(F)cc2)nc(-c2cccc3ccccc23)c(C)[n+]1C.Cc1cc(F)ccc1-c1c(-c2ccc(F)cc2)nc(-c2ccccc2-c2ccccc2)c(C)[n+]1C. The van der Waals surface area contributed by atoms with Crippen molar-refractivity contribution in [1.82, 2.24) is 19.9 Å². The molecule has 20 aromatic rings. The molecular formula is C123H100F8N8+4. The van der Waals surface area contributed by atoms with Crippen LogP contribution in [0, 0.1) is 102 Å². The van der Waals surface area contributed by atoms with Crippen molar-refractivity contribution in [3.05, 3.63) is 455 Å². The molecule has 4 aromatic heterocycles. The Morgan fingerprint density at radius 2 is 0.482 bits per heavy atom. The minimum Gasteiger partial charge on any atom is -0.234 e. The predicted molar refractivity (Wildman–Crippen MR) is 542 cm³/mol. The summed E-state index contributed by atoms with van der Waals surface area (Å²) < 4.78 is 119. The van der Waals surface area contributed by atoms with Crippen LogP contribution >= 0.6 is 0 Å². The summed E-state index contributed by atoms with van der Waals surface area (Å²) in [5.74, 6) is -2.33. The van der Waals surface area contributed by atoms with Gasteiger partial charge in [-0.3, -0.25) is 0 Å². The maximum Gasteiger partial charge on any atom is 0.239 e. The van der Waals surface area contributed by atoms with Crippen molar-refractivity contribution in [3.63, 3.8) is 0 Å². The van der Waals surface area contributed by atoms with Crippen LogP contribution in [0.4, 0.5) is 35.1 Å². The summed E-state index contributed by atoms with van der Waals surface area (Å²) in [6.45, 7) is 20.3. The van der Waals surface area contributed by atoms with Gasteiger partial charge in [-0.2, -0.15) is 18.3 Å². The highest BCUT2D eigenvalue weighted by atomic mass is 19.2. The largest absolute Gasteiger partial charge is 0.239 e. The van der Waals surface area contributed by atoms with E-state index in [-0.39, 0.29) is 52.0 Å². The minimum atomic E-state index is -0.306. The molecule has 0 N–H and O–H groups in total. The van der Waals surface area contributed by atoms with Crippen LogP contribution in [0.1, 0.15) is 70.0 Å². The van der Waals surface area contributed by atoms with Gasteiger partial charge in [-0.15, -0.1) is 0 Å². The molecule has 0 amide bonds. The monoisotopic (exact) mass is 1840 g/mol. The van der Waals surface area contributed by atoms with Crippen LogP contribution in [-0.2, 0) is 33.6 Å². The summed E-state index contributed by atoms with van der Waals surface area (Å²) in [4.78, 5) is 20.7. The van der Waals surface area contributed by atoms with Gasteiger partial charge in [0.05, 0.1) is 22.3 Å². The van der Waals surface area contributed by atoms with Crippen LogP contribution in [0.25, 0.3) is 179 Å². The van der Waals surface area contributed by atoms with E-state index in [1.165, 1.54) is 125 Å². The quantitative estimate of drug-likeness (QED) is 0.0852. The lowest BCUT2D eigenvalue weighted by molar-refractivity contribution is -0.666. The first-order valence-corrected chi connectivity index (χ1v) is 46.1. The zero-order chi connectivity index (χ0) is 97.5. The average Bonchev–Trinajstić information content (AvgIpc) is 1.60. The van der Waals surface area contributed by atoms with E-state index in [4.69, 9.17) is 19.9 Å². The van der Waals surface area contributed by atoms with Gasteiger partial charge in [0.2, 0.25) is 45.6 Å². The van der Waals surface area contributed by atoms with E-state index < -0.39 is 0 Å². The number of aryl methyl sites for hydroxylation is 4. The lowest BCUT2D eigenvalue weighted by Gasteiger charge is -2.22. The summed E-state index contributed by atoms with van der Waals surface area (Å²) in [5, 5.41) is 4.56. The Labute approximate surface area is 804 Å². The van der Waals surface area contributed by atoms with E-state index in [9.17, 15) is 35.1 Å². The molecule has 4 heterocycles. The van der Waals surface area contributed by atoms with Crippen LogP contribution < -0.4 is 18.3 Å². The molecule has 0 unspecified atom stereocenters. The molecule has 16 aromatic carbocycles. The number of aromatic nitrogens is 8. The molecule has 0 fully saturated rings. The van der Waals surface area contributed by atoms with Gasteiger partial charge in [-0.1, -0.05) is 184 Å². The normalized spacial score (nSPS) is 11.7. The standard InChI is InChI=1S/C34H29F2N2.C31H25F2N2.2C29H23F2N2/c1-20-18-25(36)15-17-26(20)33-32(22-10-13-24(35)14-11-22)37-31(21(2)38(33)5)23-12-16-28-27-8-6-7-9-29(27)34(3,4)30(28)19-23;1-20-19-25(33)17-18-26(20)31-30(23-13-15-24(32)16-14-23)34-29(21(2)35(31)3)28-12-8-7-11-27(28)22-9-5-4-6-10-22;1-18-17-23(31)15-16-24(18)29-28(21-11-13-22(30)14-12-21)32-27(19(2)33(29)3)26-10-6-8-20-7-4-5-9-25(20)26;1-18-16-25(31)14-15-26(18)29-28(21-10-12-24(30)13-11-21)32-27(19(2)33(29)3)23-9-8-20-6-4-5-7-22(20)17-23/h6-19H,1-5H3;4-19H,1-3H3;2*4-17H,1-3H3/q4*+1. The fourth-order valence-electron chi connectivity index (χ4n) is 19.2. The van der Waals surface area contributed by atoms with Crippen molar-refractivity contribution in [2.45, 2.75) is 74.7 Å². The fourth-order valence-corrected chi connectivity index (χ4v) is 19.2. The van der Waals surface area contributed by atoms with E-state index in [0.717, 1.165) is 202 Å². The molecule has 0 atom stereocenters. The van der Waals surface area contributed by atoms with Crippen molar-refractivity contribution < 1.29 is 53.4 Å². The summed E-state index contributed by atoms with van der Waals surface area (Å²) in [7, 11) is 8.00. The van der Waals surface area contributed by atoms with E-state index >= 15 is 0 Å². The molecule has 1 aliphatic rings. The predicted octanol–water partition coefficient (Wildman–Crippen LogP) is 29.5. The number of rotatable bonds is 13. The van der Waals surface area contributed by atoms with E-state index in [0.29, 0.717) is 5.69 Å². The molecule has 8 nitrogen and oxygen atoms in total. The number of hydrogen-bond acceptors (Lipinski definition) is 4. The zero-order valence-electron chi connectivity index (χ0n) is 79.6. The van der Waals surface area contributed by atoms with Gasteiger partial charge in [0, 0.05) is 77.6 Å². The molecule has 16 heteroatoms. The average molecular weight is 1840 g/mol. The molecule has 0 radical (unpaired) electrons. The lowest BCUT2D eigenvalue weighted by atomic mass is 9.82. The summed E-state index contributed by atoms with van der Waals surface area (Å²) in [6, 6.07) is 107. The number of nitrogens with zero attached hydrogens (tertiary/aromatic N) is 8. The second-order valence-electron chi connectivity index (χ2n) is 36.0. The van der Waals surface area contributed by atoms with Crippen molar-refractivity contribution in [3.8, 4) is 157 Å². The lowest BCUT2D eigenvalue weighted by Crippen LogP contribution is -2.37. The highest BCUT2D eigenvalue weighted by Gasteiger charge is 2.38. The molecule has 0 aliphatic heterocycles. The Hall–Kier alpha value is -16.2. The van der Waals surface area contributed by atoms with Crippen LogP contribution in [0.3, 0.4) is 0 Å². The van der Waals surface area contributed by atoms with E-state index in [2.05, 4.69) is 160 Å². The maximum absolute atomic E-state index is 14.0. The van der Waals surface area contributed by atoms with Gasteiger partial charge in [-0.05, 0) is 287 Å². The Morgan fingerprint density at radius 3 is 0.899 bits per heavy atom. The Morgan fingerprint density at radius 1 is 0.194 bits per heavy atom. The summed E-state index contributed by atoms with van der Waals surface area (Å²) in [5.41, 5.74) is 35.0. The highest BCUT2D eigenvalue weighted by molar-refractivity contribution is 5.97. The third kappa shape index (κ3) is 18.5. The third-order valence-corrected chi connectivity index (χ3v) is 27.0. The molecular weight excluding hydrogens is 1740 g/mol. The van der Waals surface area contributed by atoms with Crippen molar-refractivity contribution in [2.24, 2.45) is 28.2 Å². The topological polar surface area (TPSA) is 67.1 Å². The van der Waals surface area contributed by atoms with Gasteiger partial charge >= 0.3 is 0 Å². The molecule has 1 aliphatic carbocycles. The second-order valence-corrected chi connectivity index (χ2v) is 36.0. The molecule has 684 valence electrons. The number of halogens is 8. The fraction of sp³-hybridized carbons (Fsp3) is 0.122. The highest BCUT2D eigenvalue weighted by Crippen LogP contribution is 2.51. The number of benzene rings is 16. The Bertz CT molecular complexity index is 8170. The van der Waals surface area contributed by atoms with Crippen molar-refractivity contribution >= 4 is 21.5 Å². The van der Waals surface area contributed by atoms with Gasteiger partial charge < -0.3 is 0 Å². The van der Waals surface area contributed by atoms with Crippen molar-refractivity contribution in [2.75, 3.05) is 0 Å². The van der Waals surface area contributed by atoms with E-state index in [1.54, 1.807) is 72.8 Å². The van der Waals surface area contributed by atoms with Crippen LogP contribution in [0.2, 0.25) is 0 Å². The number of hydrogen-bond donors (Lipinski definition) is 0. The first kappa shape index (κ1) is 93.2. The molecule has 0 spiro atoms. The minimum absolute atomic E-state index is 0.122. The van der Waals surface area contributed by atoms with Crippen molar-refractivity contribution in [1.29, 1.82) is 0 Å². The Kier molecular flexibility index (Phi) is 26.1. The maximum atomic E-state index is 14.0. The van der Waals surface area contributed by atoms with E-state index in [1.807, 2.05) is 137 Å². The number of fused-ring (bicyclic) bond motifs is 5. The first-order chi connectivity index (χ1) is 67.0. The van der Waals surface area contributed by atoms with Gasteiger partial charge in [-0.25, -0.2) is 55.1 Å². The van der Waals surface area contributed by atoms with Crippen LogP contribution in [0.15, 0.2) is 352 Å². The van der Waals surface area contributed by atoms with Gasteiger partial charge in [0.15, 0.2) is 0 Å². The Balaban J connectivity index is 0.000000123. The molecule has 0 bridgehead atoms. The molecule has 0 saturated carbocycles. The summed E-state index contributed by atoms with van der Waals surface area (Å²) >= 11 is 0. The molecule has 21 rings (SSSR count). The third-order valence-electron chi connectivity index (χ3n) is 27.0.